The van der Waals surface area contributed by atoms with Crippen LogP contribution in [0.25, 0.3) is 11.0 Å². The number of anilines is 1. The van der Waals surface area contributed by atoms with Crippen molar-refractivity contribution in [2.24, 2.45) is 7.05 Å². The van der Waals surface area contributed by atoms with E-state index in [1.807, 2.05) is 30.3 Å². The molecule has 1 aromatic heterocycles. The van der Waals surface area contributed by atoms with E-state index in [2.05, 4.69) is 10.3 Å². The highest BCUT2D eigenvalue weighted by molar-refractivity contribution is 7.99. The van der Waals surface area contributed by atoms with Gasteiger partial charge in [-0.05, 0) is 42.5 Å². The first-order chi connectivity index (χ1) is 15.0. The van der Waals surface area contributed by atoms with E-state index in [1.54, 1.807) is 41.9 Å². The topological polar surface area (TPSA) is 99.3 Å². The molecule has 4 aromatic rings. The number of rotatable bonds is 7. The summed E-state index contributed by atoms with van der Waals surface area (Å²) in [5.74, 6) is 1.39. The smallest absolute Gasteiger partial charge is 0.271 e. The van der Waals surface area contributed by atoms with Crippen molar-refractivity contribution in [2.45, 2.75) is 5.16 Å². The first-order valence-electron chi connectivity index (χ1n) is 9.36. The number of ether oxygens (including phenoxy) is 1. The minimum Gasteiger partial charge on any atom is -0.457 e. The fourth-order valence-electron chi connectivity index (χ4n) is 2.96. The fourth-order valence-corrected chi connectivity index (χ4v) is 3.74. The average Bonchev–Trinajstić information content (AvgIpc) is 3.09. The van der Waals surface area contributed by atoms with Crippen molar-refractivity contribution < 1.29 is 14.5 Å². The molecule has 1 N–H and O–H groups in total. The molecule has 31 heavy (non-hydrogen) atoms. The predicted molar refractivity (Wildman–Crippen MR) is 120 cm³/mol. The van der Waals surface area contributed by atoms with Crippen molar-refractivity contribution in [1.82, 2.24) is 9.55 Å². The first kappa shape index (κ1) is 20.4. The molecule has 0 bridgehead atoms. The number of fused-ring (bicyclic) bond motifs is 1. The lowest BCUT2D eigenvalue weighted by Crippen LogP contribution is -2.14. The first-order valence-corrected chi connectivity index (χ1v) is 10.3. The summed E-state index contributed by atoms with van der Waals surface area (Å²) in [6, 6.07) is 21.1. The van der Waals surface area contributed by atoms with E-state index in [9.17, 15) is 14.9 Å². The number of nitrogens with one attached hydrogen (secondary N) is 1. The summed E-state index contributed by atoms with van der Waals surface area (Å²) in [6.45, 7) is 0. The Morgan fingerprint density at radius 3 is 2.52 bits per heavy atom. The van der Waals surface area contributed by atoms with Gasteiger partial charge in [-0.1, -0.05) is 30.0 Å². The summed E-state index contributed by atoms with van der Waals surface area (Å²) in [5, 5.41) is 14.4. The molecular weight excluding hydrogens is 416 g/mol. The molecule has 0 saturated carbocycles. The molecule has 1 amide bonds. The quantitative estimate of drug-likeness (QED) is 0.249. The highest BCUT2D eigenvalue weighted by atomic mass is 32.2. The van der Waals surface area contributed by atoms with Crippen LogP contribution in [0.5, 0.6) is 11.5 Å². The number of imidazole rings is 1. The van der Waals surface area contributed by atoms with Gasteiger partial charge in [-0.25, -0.2) is 4.98 Å². The van der Waals surface area contributed by atoms with Gasteiger partial charge in [0.25, 0.3) is 5.69 Å². The lowest BCUT2D eigenvalue weighted by Gasteiger charge is -2.08. The Kier molecular flexibility index (Phi) is 5.85. The third-order valence-electron chi connectivity index (χ3n) is 4.48. The van der Waals surface area contributed by atoms with Crippen LogP contribution in [-0.4, -0.2) is 26.1 Å². The van der Waals surface area contributed by atoms with Crippen LogP contribution in [0.15, 0.2) is 78.0 Å². The van der Waals surface area contributed by atoms with Gasteiger partial charge in [-0.15, -0.1) is 0 Å². The third-order valence-corrected chi connectivity index (χ3v) is 5.51. The number of nitro benzene ring substituents is 1. The lowest BCUT2D eigenvalue weighted by atomic mass is 10.3. The minimum atomic E-state index is -0.442. The van der Waals surface area contributed by atoms with Crippen LogP contribution >= 0.6 is 11.8 Å². The number of amides is 1. The van der Waals surface area contributed by atoms with Crippen LogP contribution in [0.2, 0.25) is 0 Å². The Morgan fingerprint density at radius 2 is 1.81 bits per heavy atom. The fraction of sp³-hybridized carbons (Fsp3) is 0.0909. The van der Waals surface area contributed by atoms with Gasteiger partial charge in [0.05, 0.1) is 21.7 Å². The molecule has 3 aromatic carbocycles. The number of aryl methyl sites for hydroxylation is 1. The Hall–Kier alpha value is -3.85. The number of benzene rings is 3. The van der Waals surface area contributed by atoms with Gasteiger partial charge in [0.2, 0.25) is 5.91 Å². The summed E-state index contributed by atoms with van der Waals surface area (Å²) in [5.41, 5.74) is 1.95. The number of carbonyl (C=O) groups excluding carboxylic acids is 1. The number of aromatic nitrogens is 2. The van der Waals surface area contributed by atoms with Gasteiger partial charge in [-0.2, -0.15) is 0 Å². The second kappa shape index (κ2) is 8.88. The second-order valence-corrected chi connectivity index (χ2v) is 7.60. The Morgan fingerprint density at radius 1 is 1.10 bits per heavy atom. The summed E-state index contributed by atoms with van der Waals surface area (Å²) in [6.07, 6.45) is 0. The second-order valence-electron chi connectivity index (χ2n) is 6.66. The van der Waals surface area contributed by atoms with Gasteiger partial charge < -0.3 is 14.6 Å². The average molecular weight is 434 g/mol. The van der Waals surface area contributed by atoms with E-state index in [4.69, 9.17) is 4.74 Å². The molecule has 0 radical (unpaired) electrons. The van der Waals surface area contributed by atoms with Crippen molar-refractivity contribution in [1.29, 1.82) is 0 Å². The molecule has 0 aliphatic heterocycles. The van der Waals surface area contributed by atoms with Gasteiger partial charge in [-0.3, -0.25) is 14.9 Å². The van der Waals surface area contributed by atoms with Crippen molar-refractivity contribution in [3.8, 4) is 11.5 Å². The van der Waals surface area contributed by atoms with Gasteiger partial charge in [0.15, 0.2) is 5.16 Å². The number of nitro groups is 1. The maximum atomic E-state index is 12.3. The zero-order valence-electron chi connectivity index (χ0n) is 16.5. The Balaban J connectivity index is 1.36. The van der Waals surface area contributed by atoms with Gasteiger partial charge >= 0.3 is 0 Å². The zero-order valence-corrected chi connectivity index (χ0v) is 17.3. The van der Waals surface area contributed by atoms with E-state index in [0.29, 0.717) is 27.6 Å². The molecule has 4 rings (SSSR count). The summed E-state index contributed by atoms with van der Waals surface area (Å²) >= 11 is 1.26. The van der Waals surface area contributed by atoms with Gasteiger partial charge in [0, 0.05) is 24.9 Å². The van der Waals surface area contributed by atoms with E-state index in [1.165, 1.54) is 23.9 Å². The molecule has 0 atom stereocenters. The third kappa shape index (κ3) is 4.84. The zero-order chi connectivity index (χ0) is 21.8. The summed E-state index contributed by atoms with van der Waals surface area (Å²) in [4.78, 5) is 27.3. The Labute approximate surface area is 182 Å². The molecule has 156 valence electrons. The molecule has 0 spiro atoms. The number of para-hydroxylation sites is 1. The maximum Gasteiger partial charge on any atom is 0.271 e. The van der Waals surface area contributed by atoms with Crippen molar-refractivity contribution >= 4 is 40.1 Å². The lowest BCUT2D eigenvalue weighted by molar-refractivity contribution is -0.384. The summed E-state index contributed by atoms with van der Waals surface area (Å²) < 4.78 is 7.48. The highest BCUT2D eigenvalue weighted by Gasteiger charge is 2.14. The number of nitrogens with zero attached hydrogens (tertiary/aromatic N) is 3. The molecule has 9 heteroatoms. The monoisotopic (exact) mass is 434 g/mol. The van der Waals surface area contributed by atoms with Crippen molar-refractivity contribution in [3.05, 3.63) is 82.9 Å². The summed E-state index contributed by atoms with van der Waals surface area (Å²) in [7, 11) is 1.77. The van der Waals surface area contributed by atoms with Crippen LogP contribution < -0.4 is 10.1 Å². The molecule has 0 aliphatic rings. The molecule has 0 unspecified atom stereocenters. The predicted octanol–water partition coefficient (Wildman–Crippen LogP) is 5.00. The number of carbonyl (C=O) groups is 1. The van der Waals surface area contributed by atoms with E-state index >= 15 is 0 Å². The minimum absolute atomic E-state index is 0.00415. The molecule has 0 fully saturated rings. The van der Waals surface area contributed by atoms with Crippen LogP contribution in [0.1, 0.15) is 0 Å². The van der Waals surface area contributed by atoms with Crippen LogP contribution in [0, 0.1) is 10.1 Å². The molecule has 0 saturated heterocycles. The number of thioether (sulfide) groups is 1. The van der Waals surface area contributed by atoms with Gasteiger partial charge in [0.1, 0.15) is 11.5 Å². The molecule has 8 nitrogen and oxygen atoms in total. The van der Waals surface area contributed by atoms with Crippen LogP contribution in [0.3, 0.4) is 0 Å². The van der Waals surface area contributed by atoms with E-state index in [0.717, 1.165) is 5.75 Å². The maximum absolute atomic E-state index is 12.3. The molecule has 1 heterocycles. The molecule has 0 aliphatic carbocycles. The standard InChI is InChI=1S/C22H18N4O4S/c1-25-20-13-16(26(28)29)9-12-19(20)24-22(25)31-14-21(27)23-15-7-10-18(11-8-15)30-17-5-3-2-4-6-17/h2-13H,14H2,1H3,(H,23,27). The van der Waals surface area contributed by atoms with Crippen molar-refractivity contribution in [2.75, 3.05) is 11.1 Å². The van der Waals surface area contributed by atoms with Crippen LogP contribution in [-0.2, 0) is 11.8 Å². The largest absolute Gasteiger partial charge is 0.457 e. The number of non-ortho nitro benzene ring substituents is 1. The Bertz CT molecular complexity index is 1240. The SMILES string of the molecule is Cn1c(SCC(=O)Nc2ccc(Oc3ccccc3)cc2)nc2ccc([N+](=O)[O-])cc21. The van der Waals surface area contributed by atoms with E-state index in [-0.39, 0.29) is 17.3 Å². The van der Waals surface area contributed by atoms with E-state index < -0.39 is 4.92 Å². The van der Waals surface area contributed by atoms with Crippen LogP contribution in [0.4, 0.5) is 11.4 Å². The van der Waals surface area contributed by atoms with Crippen molar-refractivity contribution in [3.63, 3.8) is 0 Å². The normalized spacial score (nSPS) is 10.7. The molecular formula is C22H18N4O4S. The number of hydrogen-bond acceptors (Lipinski definition) is 6. The highest BCUT2D eigenvalue weighted by Crippen LogP contribution is 2.26. The number of hydrogen-bond donors (Lipinski definition) is 1.